The van der Waals surface area contributed by atoms with Gasteiger partial charge in [0.2, 0.25) is 0 Å². The van der Waals surface area contributed by atoms with Gasteiger partial charge in [0.25, 0.3) is 11.1 Å². The van der Waals surface area contributed by atoms with E-state index in [-0.39, 0.29) is 17.2 Å². The minimum atomic E-state index is -0.244. The quantitative estimate of drug-likeness (QED) is 0.696. The summed E-state index contributed by atoms with van der Waals surface area (Å²) in [6, 6.07) is 7.08. The molecule has 0 aliphatic heterocycles. The Morgan fingerprint density at radius 3 is 2.78 bits per heavy atom. The molecule has 0 fully saturated rings. The molecule has 1 atom stereocenters. The van der Waals surface area contributed by atoms with Crippen LogP contribution < -0.4 is 16.4 Å². The summed E-state index contributed by atoms with van der Waals surface area (Å²) in [6.07, 6.45) is 5.42. The zero-order chi connectivity index (χ0) is 16.2. The standard InChI is InChI=1S/C16H19N5O2/c1-12(10-20-8-6-17-11-20)18-7-9-21-16(23)14-5-3-2-4-13(14)15(22)19-21/h2-6,8,11-12,18H,7,9-10H2,1H3,(H,19,22). The Hall–Kier alpha value is -2.67. The van der Waals surface area contributed by atoms with Crippen LogP contribution in [0.25, 0.3) is 10.8 Å². The summed E-state index contributed by atoms with van der Waals surface area (Å²) in [6.45, 7) is 3.85. The lowest BCUT2D eigenvalue weighted by molar-refractivity contribution is 0.444. The largest absolute Gasteiger partial charge is 0.336 e. The maximum atomic E-state index is 12.4. The van der Waals surface area contributed by atoms with Gasteiger partial charge >= 0.3 is 0 Å². The van der Waals surface area contributed by atoms with Crippen molar-refractivity contribution in [3.05, 3.63) is 63.7 Å². The first-order chi connectivity index (χ1) is 11.1. The number of rotatable bonds is 6. The zero-order valence-corrected chi connectivity index (χ0v) is 12.9. The Balaban J connectivity index is 1.67. The van der Waals surface area contributed by atoms with E-state index < -0.39 is 0 Å². The van der Waals surface area contributed by atoms with Crippen LogP contribution in [-0.4, -0.2) is 31.9 Å². The summed E-state index contributed by atoms with van der Waals surface area (Å²) in [5.74, 6) is 0. The van der Waals surface area contributed by atoms with Crippen LogP contribution in [0, 0.1) is 0 Å². The van der Waals surface area contributed by atoms with Gasteiger partial charge in [-0.2, -0.15) is 0 Å². The van der Waals surface area contributed by atoms with E-state index in [1.807, 2.05) is 10.8 Å². The molecule has 0 saturated carbocycles. The number of fused-ring (bicyclic) bond motifs is 1. The van der Waals surface area contributed by atoms with Gasteiger partial charge in [-0.3, -0.25) is 14.7 Å². The van der Waals surface area contributed by atoms with E-state index in [2.05, 4.69) is 22.3 Å². The van der Waals surface area contributed by atoms with Crippen LogP contribution in [0.5, 0.6) is 0 Å². The van der Waals surface area contributed by atoms with Gasteiger partial charge in [-0.1, -0.05) is 12.1 Å². The minimum Gasteiger partial charge on any atom is -0.336 e. The fourth-order valence-electron chi connectivity index (χ4n) is 2.60. The molecule has 7 nitrogen and oxygen atoms in total. The van der Waals surface area contributed by atoms with Crippen LogP contribution in [0.15, 0.2) is 52.6 Å². The molecule has 3 rings (SSSR count). The Morgan fingerprint density at radius 1 is 1.26 bits per heavy atom. The molecule has 2 heterocycles. The lowest BCUT2D eigenvalue weighted by Gasteiger charge is -2.15. The Morgan fingerprint density at radius 2 is 2.04 bits per heavy atom. The van der Waals surface area contributed by atoms with Gasteiger partial charge in [0.1, 0.15) is 0 Å². The summed E-state index contributed by atoms with van der Waals surface area (Å²) < 4.78 is 3.35. The van der Waals surface area contributed by atoms with Gasteiger partial charge in [-0.25, -0.2) is 9.67 Å². The van der Waals surface area contributed by atoms with Crippen molar-refractivity contribution in [2.45, 2.75) is 26.1 Å². The first-order valence-corrected chi connectivity index (χ1v) is 7.56. The van der Waals surface area contributed by atoms with Crippen molar-refractivity contribution in [2.75, 3.05) is 6.54 Å². The number of imidazole rings is 1. The second-order valence-corrected chi connectivity index (χ2v) is 5.56. The van der Waals surface area contributed by atoms with Crippen LogP contribution in [-0.2, 0) is 13.1 Å². The molecule has 0 saturated heterocycles. The van der Waals surface area contributed by atoms with Crippen molar-refractivity contribution < 1.29 is 0 Å². The molecular weight excluding hydrogens is 294 g/mol. The van der Waals surface area contributed by atoms with E-state index in [0.717, 1.165) is 6.54 Å². The molecule has 0 amide bonds. The zero-order valence-electron chi connectivity index (χ0n) is 12.9. The van der Waals surface area contributed by atoms with Crippen molar-refractivity contribution in [2.24, 2.45) is 0 Å². The molecule has 1 aromatic carbocycles. The Bertz CT molecular complexity index is 895. The molecule has 3 aromatic rings. The molecule has 120 valence electrons. The summed E-state index contributed by atoms with van der Waals surface area (Å²) >= 11 is 0. The molecule has 0 radical (unpaired) electrons. The third-order valence-corrected chi connectivity index (χ3v) is 3.76. The van der Waals surface area contributed by atoms with E-state index >= 15 is 0 Å². The van der Waals surface area contributed by atoms with Crippen molar-refractivity contribution in [3.8, 4) is 0 Å². The minimum absolute atomic E-state index is 0.177. The molecule has 0 bridgehead atoms. The fraction of sp³-hybridized carbons (Fsp3) is 0.312. The van der Waals surface area contributed by atoms with Crippen molar-refractivity contribution >= 4 is 10.8 Å². The average Bonchev–Trinajstić information content (AvgIpc) is 3.05. The number of aromatic amines is 1. The number of H-pyrrole nitrogens is 1. The third-order valence-electron chi connectivity index (χ3n) is 3.76. The number of benzene rings is 1. The predicted octanol–water partition coefficient (Wildman–Crippen LogP) is 0.565. The summed E-state index contributed by atoms with van der Waals surface area (Å²) in [7, 11) is 0. The van der Waals surface area contributed by atoms with E-state index in [1.54, 1.807) is 36.8 Å². The maximum Gasteiger partial charge on any atom is 0.273 e. The second kappa shape index (κ2) is 6.62. The summed E-state index contributed by atoms with van der Waals surface area (Å²) in [4.78, 5) is 28.4. The van der Waals surface area contributed by atoms with Crippen LogP contribution in [0.1, 0.15) is 6.92 Å². The second-order valence-electron chi connectivity index (χ2n) is 5.56. The topological polar surface area (TPSA) is 84.7 Å². The van der Waals surface area contributed by atoms with Crippen LogP contribution in [0.2, 0.25) is 0 Å². The lowest BCUT2D eigenvalue weighted by atomic mass is 10.2. The fourth-order valence-corrected chi connectivity index (χ4v) is 2.60. The van der Waals surface area contributed by atoms with Crippen molar-refractivity contribution in [3.63, 3.8) is 0 Å². The highest BCUT2D eigenvalue weighted by Crippen LogP contribution is 2.02. The normalized spacial score (nSPS) is 12.6. The van der Waals surface area contributed by atoms with E-state index in [4.69, 9.17) is 0 Å². The van der Waals surface area contributed by atoms with Gasteiger partial charge in [-0.05, 0) is 19.1 Å². The number of nitrogens with zero attached hydrogens (tertiary/aromatic N) is 3. The number of nitrogens with one attached hydrogen (secondary N) is 2. The van der Waals surface area contributed by atoms with E-state index in [1.165, 1.54) is 4.68 Å². The summed E-state index contributed by atoms with van der Waals surface area (Å²) in [5.41, 5.74) is -0.420. The molecule has 2 N–H and O–H groups in total. The summed E-state index contributed by atoms with van der Waals surface area (Å²) in [5, 5.41) is 6.84. The van der Waals surface area contributed by atoms with Crippen molar-refractivity contribution in [1.29, 1.82) is 0 Å². The van der Waals surface area contributed by atoms with Gasteiger partial charge in [0.05, 0.1) is 23.6 Å². The molecule has 0 spiro atoms. The Kier molecular flexibility index (Phi) is 4.38. The van der Waals surface area contributed by atoms with Gasteiger partial charge in [0.15, 0.2) is 0 Å². The van der Waals surface area contributed by atoms with Gasteiger partial charge in [0, 0.05) is 31.5 Å². The molecule has 0 aliphatic rings. The van der Waals surface area contributed by atoms with Crippen LogP contribution >= 0.6 is 0 Å². The van der Waals surface area contributed by atoms with E-state index in [0.29, 0.717) is 23.9 Å². The SMILES string of the molecule is CC(Cn1ccnc1)NCCn1[nH]c(=O)c2ccccc2c1=O. The maximum absolute atomic E-state index is 12.4. The first-order valence-electron chi connectivity index (χ1n) is 7.56. The molecule has 2 aromatic heterocycles. The molecule has 0 aliphatic carbocycles. The third kappa shape index (κ3) is 3.40. The first kappa shape index (κ1) is 15.2. The van der Waals surface area contributed by atoms with Crippen LogP contribution in [0.4, 0.5) is 0 Å². The molecule has 23 heavy (non-hydrogen) atoms. The molecular formula is C16H19N5O2. The van der Waals surface area contributed by atoms with E-state index in [9.17, 15) is 9.59 Å². The smallest absolute Gasteiger partial charge is 0.273 e. The van der Waals surface area contributed by atoms with Gasteiger partial charge in [-0.15, -0.1) is 0 Å². The van der Waals surface area contributed by atoms with Gasteiger partial charge < -0.3 is 9.88 Å². The highest BCUT2D eigenvalue weighted by Gasteiger charge is 2.07. The number of aromatic nitrogens is 4. The highest BCUT2D eigenvalue weighted by molar-refractivity contribution is 5.80. The lowest BCUT2D eigenvalue weighted by Crippen LogP contribution is -2.37. The predicted molar refractivity (Wildman–Crippen MR) is 88.5 cm³/mol. The number of hydrogen-bond donors (Lipinski definition) is 2. The Labute approximate surface area is 132 Å². The molecule has 1 unspecified atom stereocenters. The van der Waals surface area contributed by atoms with Crippen LogP contribution in [0.3, 0.4) is 0 Å². The number of hydrogen-bond acceptors (Lipinski definition) is 4. The molecule has 7 heteroatoms. The van der Waals surface area contributed by atoms with Crippen molar-refractivity contribution in [1.82, 2.24) is 24.6 Å². The average molecular weight is 313 g/mol. The monoisotopic (exact) mass is 313 g/mol. The highest BCUT2D eigenvalue weighted by atomic mass is 16.2.